The number of rotatable bonds is 6. The Labute approximate surface area is 159 Å². The molecule has 1 amide bonds. The van der Waals surface area contributed by atoms with E-state index in [1.807, 2.05) is 30.3 Å². The molecule has 1 aromatic heterocycles. The van der Waals surface area contributed by atoms with Crippen LogP contribution in [0, 0.1) is 0 Å². The van der Waals surface area contributed by atoms with E-state index in [-0.39, 0.29) is 11.6 Å². The maximum Gasteiger partial charge on any atom is 0.339 e. The molecule has 0 aliphatic rings. The molecule has 1 N–H and O–H groups in total. The highest BCUT2D eigenvalue weighted by Gasteiger charge is 2.18. The zero-order chi connectivity index (χ0) is 19.4. The number of nitrogens with one attached hydrogen (secondary N) is 1. The number of carbonyl (C=O) groups is 2. The minimum absolute atomic E-state index is 0.191. The SMILES string of the molecule is C[C@H](NC(=O)COC(=O)c1ccccc1[S@@](C)=O)c1cc2ccccc2o1. The summed E-state index contributed by atoms with van der Waals surface area (Å²) in [7, 11) is -1.33. The minimum atomic E-state index is -1.33. The molecule has 3 rings (SSSR count). The number of amides is 1. The van der Waals surface area contributed by atoms with Gasteiger partial charge in [0.25, 0.3) is 5.91 Å². The molecule has 0 saturated heterocycles. The smallest absolute Gasteiger partial charge is 0.339 e. The highest BCUT2D eigenvalue weighted by Crippen LogP contribution is 2.23. The molecule has 0 saturated carbocycles. The average Bonchev–Trinajstić information content (AvgIpc) is 3.10. The molecule has 27 heavy (non-hydrogen) atoms. The lowest BCUT2D eigenvalue weighted by Gasteiger charge is -2.12. The Kier molecular flexibility index (Phi) is 5.71. The predicted molar refractivity (Wildman–Crippen MR) is 102 cm³/mol. The van der Waals surface area contributed by atoms with Gasteiger partial charge in [0.2, 0.25) is 0 Å². The molecule has 0 bridgehead atoms. The van der Waals surface area contributed by atoms with Gasteiger partial charge in [0.1, 0.15) is 11.3 Å². The first-order valence-corrected chi connectivity index (χ1v) is 9.89. The van der Waals surface area contributed by atoms with Crippen LogP contribution in [0.3, 0.4) is 0 Å². The molecule has 0 fully saturated rings. The number of hydrogen-bond donors (Lipinski definition) is 1. The van der Waals surface area contributed by atoms with E-state index in [2.05, 4.69) is 5.32 Å². The molecule has 140 valence electrons. The summed E-state index contributed by atoms with van der Waals surface area (Å²) >= 11 is 0. The predicted octanol–water partition coefficient (Wildman–Crippen LogP) is 3.20. The first-order valence-electron chi connectivity index (χ1n) is 8.33. The van der Waals surface area contributed by atoms with E-state index in [9.17, 15) is 13.8 Å². The van der Waals surface area contributed by atoms with Gasteiger partial charge in [-0.1, -0.05) is 30.3 Å². The highest BCUT2D eigenvalue weighted by molar-refractivity contribution is 7.84. The van der Waals surface area contributed by atoms with Crippen molar-refractivity contribution in [2.75, 3.05) is 12.9 Å². The van der Waals surface area contributed by atoms with Crippen molar-refractivity contribution in [3.8, 4) is 0 Å². The fourth-order valence-corrected chi connectivity index (χ4v) is 3.40. The van der Waals surface area contributed by atoms with Gasteiger partial charge in [0.05, 0.1) is 27.3 Å². The molecule has 3 aromatic rings. The van der Waals surface area contributed by atoms with Crippen LogP contribution in [0.15, 0.2) is 63.9 Å². The van der Waals surface area contributed by atoms with Gasteiger partial charge in [-0.15, -0.1) is 0 Å². The lowest BCUT2D eigenvalue weighted by molar-refractivity contribution is -0.125. The first kappa shape index (κ1) is 18.8. The standard InChI is InChI=1S/C20H19NO5S/c1-13(17-11-14-7-3-5-9-16(14)26-17)21-19(22)12-25-20(23)15-8-4-6-10-18(15)27(2)24/h3-11,13H,12H2,1-2H3,(H,21,22)/t13-,27+/m0/s1. The van der Waals surface area contributed by atoms with E-state index in [0.29, 0.717) is 10.7 Å². The van der Waals surface area contributed by atoms with Gasteiger partial charge in [0, 0.05) is 11.6 Å². The van der Waals surface area contributed by atoms with E-state index < -0.39 is 29.3 Å². The lowest BCUT2D eigenvalue weighted by Crippen LogP contribution is -2.31. The molecular weight excluding hydrogens is 366 g/mol. The summed E-state index contributed by atoms with van der Waals surface area (Å²) in [6, 6.07) is 15.5. The number of fused-ring (bicyclic) bond motifs is 1. The first-order chi connectivity index (χ1) is 13.0. The van der Waals surface area contributed by atoms with E-state index in [1.165, 1.54) is 12.3 Å². The fraction of sp³-hybridized carbons (Fsp3) is 0.200. The van der Waals surface area contributed by atoms with Crippen molar-refractivity contribution in [3.63, 3.8) is 0 Å². The molecule has 0 aliphatic heterocycles. The van der Waals surface area contributed by atoms with Gasteiger partial charge in [0.15, 0.2) is 6.61 Å². The summed E-state index contributed by atoms with van der Waals surface area (Å²) in [5.41, 5.74) is 0.931. The molecule has 2 aromatic carbocycles. The second-order valence-corrected chi connectivity index (χ2v) is 7.35. The maximum absolute atomic E-state index is 12.2. The van der Waals surface area contributed by atoms with Crippen molar-refractivity contribution < 1.29 is 23.0 Å². The van der Waals surface area contributed by atoms with Crippen LogP contribution in [0.1, 0.15) is 29.1 Å². The Morgan fingerprint density at radius 1 is 1.15 bits per heavy atom. The van der Waals surface area contributed by atoms with Crippen molar-refractivity contribution in [2.45, 2.75) is 17.9 Å². The second kappa shape index (κ2) is 8.18. The van der Waals surface area contributed by atoms with Crippen LogP contribution in [0.5, 0.6) is 0 Å². The third kappa shape index (κ3) is 4.43. The van der Waals surface area contributed by atoms with Gasteiger partial charge >= 0.3 is 5.97 Å². The van der Waals surface area contributed by atoms with Crippen molar-refractivity contribution in [3.05, 3.63) is 65.9 Å². The van der Waals surface area contributed by atoms with Crippen LogP contribution >= 0.6 is 0 Å². The topological polar surface area (TPSA) is 85.6 Å². The summed E-state index contributed by atoms with van der Waals surface area (Å²) in [4.78, 5) is 24.7. The van der Waals surface area contributed by atoms with Gasteiger partial charge in [-0.3, -0.25) is 9.00 Å². The van der Waals surface area contributed by atoms with Crippen LogP contribution in [0.25, 0.3) is 11.0 Å². The highest BCUT2D eigenvalue weighted by atomic mass is 32.2. The largest absolute Gasteiger partial charge is 0.459 e. The van der Waals surface area contributed by atoms with Crippen LogP contribution in [-0.2, 0) is 20.3 Å². The lowest BCUT2D eigenvalue weighted by atomic mass is 10.2. The van der Waals surface area contributed by atoms with E-state index >= 15 is 0 Å². The number of furan rings is 1. The third-order valence-corrected chi connectivity index (χ3v) is 4.98. The number of esters is 1. The number of carbonyl (C=O) groups excluding carboxylic acids is 2. The Morgan fingerprint density at radius 3 is 2.59 bits per heavy atom. The van der Waals surface area contributed by atoms with Gasteiger partial charge < -0.3 is 14.5 Å². The zero-order valence-corrected chi connectivity index (χ0v) is 15.7. The molecule has 1 heterocycles. The van der Waals surface area contributed by atoms with Crippen molar-refractivity contribution >= 4 is 33.6 Å². The summed E-state index contributed by atoms with van der Waals surface area (Å²) in [5, 5.41) is 3.68. The average molecular weight is 385 g/mol. The Bertz CT molecular complexity index is 977. The number of para-hydroxylation sites is 1. The van der Waals surface area contributed by atoms with Gasteiger partial charge in [-0.05, 0) is 31.2 Å². The van der Waals surface area contributed by atoms with Gasteiger partial charge in [-0.25, -0.2) is 4.79 Å². The minimum Gasteiger partial charge on any atom is -0.459 e. The normalized spacial score (nSPS) is 13.1. The van der Waals surface area contributed by atoms with E-state index in [1.54, 1.807) is 25.1 Å². The summed E-state index contributed by atoms with van der Waals surface area (Å²) in [6.07, 6.45) is 1.48. The summed E-state index contributed by atoms with van der Waals surface area (Å²) < 4.78 is 22.5. The molecular formula is C20H19NO5S. The molecule has 0 spiro atoms. The molecule has 7 heteroatoms. The zero-order valence-electron chi connectivity index (χ0n) is 14.9. The molecule has 0 aliphatic carbocycles. The van der Waals surface area contributed by atoms with Crippen molar-refractivity contribution in [2.24, 2.45) is 0 Å². The number of ether oxygens (including phenoxy) is 1. The van der Waals surface area contributed by atoms with Gasteiger partial charge in [-0.2, -0.15) is 0 Å². The molecule has 6 nitrogen and oxygen atoms in total. The molecule has 0 unspecified atom stereocenters. The Morgan fingerprint density at radius 2 is 1.85 bits per heavy atom. The Hall–Kier alpha value is -2.93. The summed E-state index contributed by atoms with van der Waals surface area (Å²) in [6.45, 7) is 1.35. The van der Waals surface area contributed by atoms with Crippen LogP contribution in [-0.4, -0.2) is 28.9 Å². The Balaban J connectivity index is 1.59. The monoisotopic (exact) mass is 385 g/mol. The van der Waals surface area contributed by atoms with Crippen molar-refractivity contribution in [1.82, 2.24) is 5.32 Å². The quantitative estimate of drug-likeness (QED) is 0.659. The van der Waals surface area contributed by atoms with Crippen LogP contribution < -0.4 is 5.32 Å². The van der Waals surface area contributed by atoms with E-state index in [4.69, 9.17) is 9.15 Å². The maximum atomic E-state index is 12.2. The number of benzene rings is 2. The molecule has 2 atom stereocenters. The van der Waals surface area contributed by atoms with Crippen molar-refractivity contribution in [1.29, 1.82) is 0 Å². The third-order valence-electron chi connectivity index (χ3n) is 4.00. The van der Waals surface area contributed by atoms with Crippen LogP contribution in [0.2, 0.25) is 0 Å². The fourth-order valence-electron chi connectivity index (χ4n) is 2.66. The van der Waals surface area contributed by atoms with E-state index in [0.717, 1.165) is 11.0 Å². The number of hydrogen-bond acceptors (Lipinski definition) is 5. The summed E-state index contributed by atoms with van der Waals surface area (Å²) in [5.74, 6) is -0.527. The molecule has 0 radical (unpaired) electrons. The van der Waals surface area contributed by atoms with Crippen LogP contribution in [0.4, 0.5) is 0 Å². The second-order valence-electron chi connectivity index (χ2n) is 6.00.